The minimum atomic E-state index is -1.04. The highest BCUT2D eigenvalue weighted by atomic mass is 32.1. The zero-order valence-corrected chi connectivity index (χ0v) is 15.1. The number of nitrogens with two attached hydrogens (primary N) is 1. The lowest BCUT2D eigenvalue weighted by Crippen LogP contribution is -2.02. The fraction of sp³-hybridized carbons (Fsp3) is 0.278. The maximum Gasteiger partial charge on any atom is 0.348 e. The molecule has 3 heterocycles. The lowest BCUT2D eigenvalue weighted by Gasteiger charge is -2.12. The number of carbonyl (C=O) groups is 1. The molecule has 0 spiro atoms. The molecule has 130 valence electrons. The van der Waals surface area contributed by atoms with Crippen LogP contribution in [0, 0.1) is 12.8 Å². The number of anilines is 3. The average molecular weight is 356 g/mol. The van der Waals surface area contributed by atoms with Gasteiger partial charge >= 0.3 is 5.97 Å². The highest BCUT2D eigenvalue weighted by molar-refractivity contribution is 7.21. The number of aromatic carboxylic acids is 1. The van der Waals surface area contributed by atoms with Crippen LogP contribution >= 0.6 is 11.3 Å². The molecule has 0 amide bonds. The highest BCUT2D eigenvalue weighted by Gasteiger charge is 2.19. The summed E-state index contributed by atoms with van der Waals surface area (Å²) in [5.74, 6) is -0.493. The summed E-state index contributed by atoms with van der Waals surface area (Å²) < 4.78 is 0. The second kappa shape index (κ2) is 6.68. The third-order valence-corrected chi connectivity index (χ3v) is 4.98. The van der Waals surface area contributed by atoms with Gasteiger partial charge in [0.2, 0.25) is 0 Å². The van der Waals surface area contributed by atoms with E-state index in [1.807, 2.05) is 6.92 Å². The van der Waals surface area contributed by atoms with Crippen LogP contribution in [0.2, 0.25) is 0 Å². The number of nitrogens with one attached hydrogen (secondary N) is 1. The van der Waals surface area contributed by atoms with Gasteiger partial charge in [0.1, 0.15) is 9.71 Å². The van der Waals surface area contributed by atoms with E-state index in [2.05, 4.69) is 35.2 Å². The second-order valence-corrected chi connectivity index (χ2v) is 7.40. The number of rotatable bonds is 5. The van der Waals surface area contributed by atoms with Crippen molar-refractivity contribution in [2.45, 2.75) is 27.2 Å². The van der Waals surface area contributed by atoms with Gasteiger partial charge in [0, 0.05) is 11.9 Å². The summed E-state index contributed by atoms with van der Waals surface area (Å²) in [5.41, 5.74) is 10.0. The Labute approximate surface area is 149 Å². The number of nitrogens with zero attached hydrogens (tertiary/aromatic N) is 2. The van der Waals surface area contributed by atoms with Crippen molar-refractivity contribution in [1.82, 2.24) is 9.97 Å². The normalized spacial score (nSPS) is 11.2. The predicted octanol–water partition coefficient (Wildman–Crippen LogP) is 4.22. The van der Waals surface area contributed by atoms with Gasteiger partial charge in [0.15, 0.2) is 0 Å². The Balaban J connectivity index is 2.00. The molecule has 3 aromatic rings. The number of aryl methyl sites for hydroxylation is 1. The van der Waals surface area contributed by atoms with Crippen LogP contribution in [0.15, 0.2) is 24.5 Å². The molecule has 0 bridgehead atoms. The van der Waals surface area contributed by atoms with Gasteiger partial charge in [-0.3, -0.25) is 4.98 Å². The van der Waals surface area contributed by atoms with Gasteiger partial charge in [-0.2, -0.15) is 0 Å². The summed E-state index contributed by atoms with van der Waals surface area (Å²) in [4.78, 5) is 20.8. The van der Waals surface area contributed by atoms with Gasteiger partial charge in [-0.15, -0.1) is 11.3 Å². The van der Waals surface area contributed by atoms with E-state index in [-0.39, 0.29) is 10.6 Å². The highest BCUT2D eigenvalue weighted by Crippen LogP contribution is 2.38. The number of hydrogen-bond donors (Lipinski definition) is 3. The van der Waals surface area contributed by atoms with E-state index >= 15 is 0 Å². The molecular formula is C18H20N4O2S. The van der Waals surface area contributed by atoms with E-state index in [1.165, 1.54) is 0 Å². The fourth-order valence-electron chi connectivity index (χ4n) is 2.73. The molecule has 0 saturated carbocycles. The molecule has 0 fully saturated rings. The zero-order valence-electron chi connectivity index (χ0n) is 14.3. The molecule has 0 atom stereocenters. The Morgan fingerprint density at radius 3 is 2.76 bits per heavy atom. The Kier molecular flexibility index (Phi) is 4.59. The van der Waals surface area contributed by atoms with Crippen LogP contribution in [0.25, 0.3) is 10.2 Å². The topological polar surface area (TPSA) is 101 Å². The van der Waals surface area contributed by atoms with Crippen molar-refractivity contribution in [2.75, 3.05) is 11.1 Å². The number of nitrogen functional groups attached to an aromatic ring is 1. The first-order chi connectivity index (χ1) is 11.9. The lowest BCUT2D eigenvalue weighted by atomic mass is 10.1. The quantitative estimate of drug-likeness (QED) is 0.632. The summed E-state index contributed by atoms with van der Waals surface area (Å²) in [6.07, 6.45) is 4.38. The number of pyridine rings is 2. The summed E-state index contributed by atoms with van der Waals surface area (Å²) >= 11 is 1.08. The molecule has 0 radical (unpaired) electrons. The van der Waals surface area contributed by atoms with Crippen LogP contribution in [-0.2, 0) is 6.42 Å². The smallest absolute Gasteiger partial charge is 0.348 e. The first-order valence-corrected chi connectivity index (χ1v) is 8.81. The van der Waals surface area contributed by atoms with Gasteiger partial charge in [0.25, 0.3) is 0 Å². The minimum absolute atomic E-state index is 0.110. The Hall–Kier alpha value is -2.67. The number of thiophene rings is 1. The van der Waals surface area contributed by atoms with Gasteiger partial charge in [-0.1, -0.05) is 13.8 Å². The standard InChI is InChI=1S/C18H20N4O2S/c1-9(2)6-11-7-10(3)13(8-21-11)22-12-4-5-20-17-14(12)15(19)16(25-17)18(23)24/h4-5,7-9H,6,19H2,1-3H3,(H,20,22)(H,23,24). The minimum Gasteiger partial charge on any atom is -0.477 e. The molecule has 4 N–H and O–H groups in total. The second-order valence-electron chi connectivity index (χ2n) is 6.40. The third kappa shape index (κ3) is 3.41. The molecule has 3 aromatic heterocycles. The van der Waals surface area contributed by atoms with Gasteiger partial charge in [0.05, 0.1) is 28.6 Å². The van der Waals surface area contributed by atoms with Gasteiger partial charge in [-0.05, 0) is 37.0 Å². The van der Waals surface area contributed by atoms with Crippen molar-refractivity contribution in [3.8, 4) is 0 Å². The number of fused-ring (bicyclic) bond motifs is 1. The van der Waals surface area contributed by atoms with E-state index in [9.17, 15) is 9.90 Å². The number of hydrogen-bond acceptors (Lipinski definition) is 6. The van der Waals surface area contributed by atoms with Crippen molar-refractivity contribution in [3.63, 3.8) is 0 Å². The first-order valence-electron chi connectivity index (χ1n) is 7.99. The maximum atomic E-state index is 11.3. The number of aromatic nitrogens is 2. The predicted molar refractivity (Wildman–Crippen MR) is 102 cm³/mol. The van der Waals surface area contributed by atoms with Crippen LogP contribution in [-0.4, -0.2) is 21.0 Å². The van der Waals surface area contributed by atoms with Crippen LogP contribution in [0.5, 0.6) is 0 Å². The molecule has 25 heavy (non-hydrogen) atoms. The van der Waals surface area contributed by atoms with Crippen LogP contribution in [0.4, 0.5) is 17.1 Å². The molecule has 0 aliphatic heterocycles. The summed E-state index contributed by atoms with van der Waals surface area (Å²) in [5, 5.41) is 13.2. The van der Waals surface area contributed by atoms with E-state index in [0.717, 1.165) is 40.4 Å². The molecular weight excluding hydrogens is 336 g/mol. The summed E-state index contributed by atoms with van der Waals surface area (Å²) in [6.45, 7) is 6.35. The first kappa shape index (κ1) is 17.2. The molecule has 0 aliphatic carbocycles. The van der Waals surface area contributed by atoms with Crippen molar-refractivity contribution < 1.29 is 9.90 Å². The largest absolute Gasteiger partial charge is 0.477 e. The number of carboxylic acids is 1. The van der Waals surface area contributed by atoms with Crippen LogP contribution in [0.3, 0.4) is 0 Å². The van der Waals surface area contributed by atoms with E-state index in [1.54, 1.807) is 18.5 Å². The van der Waals surface area contributed by atoms with Crippen molar-refractivity contribution in [3.05, 3.63) is 40.7 Å². The van der Waals surface area contributed by atoms with E-state index < -0.39 is 5.97 Å². The van der Waals surface area contributed by atoms with Crippen LogP contribution in [0.1, 0.15) is 34.8 Å². The molecule has 0 saturated heterocycles. The third-order valence-electron chi connectivity index (χ3n) is 3.88. The Morgan fingerprint density at radius 1 is 1.36 bits per heavy atom. The maximum absolute atomic E-state index is 11.3. The SMILES string of the molecule is Cc1cc(CC(C)C)ncc1Nc1ccnc2sc(C(=O)O)c(N)c12. The van der Waals surface area contributed by atoms with Crippen molar-refractivity contribution in [1.29, 1.82) is 0 Å². The molecule has 3 rings (SSSR count). The molecule has 6 nitrogen and oxygen atoms in total. The van der Waals surface area contributed by atoms with Crippen molar-refractivity contribution in [2.24, 2.45) is 5.92 Å². The molecule has 0 aliphatic rings. The Bertz CT molecular complexity index is 950. The molecule has 0 aromatic carbocycles. The lowest BCUT2D eigenvalue weighted by molar-refractivity contribution is 0.0703. The van der Waals surface area contributed by atoms with E-state index in [4.69, 9.17) is 5.73 Å². The number of carboxylic acid groups (broad SMARTS) is 1. The summed E-state index contributed by atoms with van der Waals surface area (Å²) in [7, 11) is 0. The fourth-order valence-corrected chi connectivity index (χ4v) is 3.66. The van der Waals surface area contributed by atoms with Gasteiger partial charge < -0.3 is 16.2 Å². The van der Waals surface area contributed by atoms with Gasteiger partial charge in [-0.25, -0.2) is 9.78 Å². The molecule has 7 heteroatoms. The van der Waals surface area contributed by atoms with E-state index in [0.29, 0.717) is 16.1 Å². The van der Waals surface area contributed by atoms with Crippen LogP contribution < -0.4 is 11.1 Å². The average Bonchev–Trinajstić information content (AvgIpc) is 2.88. The summed E-state index contributed by atoms with van der Waals surface area (Å²) in [6, 6.07) is 3.86. The van der Waals surface area contributed by atoms with Crippen molar-refractivity contribution >= 4 is 44.6 Å². The molecule has 0 unspecified atom stereocenters. The zero-order chi connectivity index (χ0) is 18.1. The monoisotopic (exact) mass is 356 g/mol. The Morgan fingerprint density at radius 2 is 2.12 bits per heavy atom.